The van der Waals surface area contributed by atoms with E-state index in [1.165, 1.54) is 5.56 Å². The maximum atomic E-state index is 11.9. The van der Waals surface area contributed by atoms with Crippen LogP contribution in [0.4, 0.5) is 0 Å². The van der Waals surface area contributed by atoms with Gasteiger partial charge in [-0.1, -0.05) is 30.3 Å². The Hall–Kier alpha value is -2.03. The molecule has 0 amide bonds. The van der Waals surface area contributed by atoms with Gasteiger partial charge in [0.1, 0.15) is 0 Å². The van der Waals surface area contributed by atoms with Crippen molar-refractivity contribution in [2.45, 2.75) is 27.3 Å². The van der Waals surface area contributed by atoms with Crippen LogP contribution in [0.15, 0.2) is 36.5 Å². The van der Waals surface area contributed by atoms with Gasteiger partial charge in [-0.2, -0.15) is 0 Å². The van der Waals surface area contributed by atoms with E-state index in [2.05, 4.69) is 16.7 Å². The van der Waals surface area contributed by atoms with E-state index >= 15 is 0 Å². The summed E-state index contributed by atoms with van der Waals surface area (Å²) in [4.78, 5) is 11.9. The summed E-state index contributed by atoms with van der Waals surface area (Å²) >= 11 is 0. The van der Waals surface area contributed by atoms with Crippen LogP contribution in [0.3, 0.4) is 0 Å². The summed E-state index contributed by atoms with van der Waals surface area (Å²) in [6.07, 6.45) is 2.01. The molecular weight excluding hydrogens is 238 g/mol. The number of aromatic nitrogens is 1. The van der Waals surface area contributed by atoms with Gasteiger partial charge in [-0.3, -0.25) is 0 Å². The summed E-state index contributed by atoms with van der Waals surface area (Å²) in [7, 11) is 0. The Balaban J connectivity index is 2.29. The quantitative estimate of drug-likeness (QED) is 0.787. The highest BCUT2D eigenvalue weighted by molar-refractivity contribution is 5.92. The van der Waals surface area contributed by atoms with E-state index in [-0.39, 0.29) is 5.97 Å². The summed E-state index contributed by atoms with van der Waals surface area (Å²) in [6.45, 7) is 6.90. The number of nitrogens with zero attached hydrogens (tertiary/aromatic N) is 1. The fourth-order valence-corrected chi connectivity index (χ4v) is 2.28. The normalized spacial score (nSPS) is 10.5. The molecule has 3 nitrogen and oxygen atoms in total. The summed E-state index contributed by atoms with van der Waals surface area (Å²) in [5.74, 6) is -0.232. The Morgan fingerprint density at radius 3 is 2.53 bits per heavy atom. The van der Waals surface area contributed by atoms with Crippen molar-refractivity contribution >= 4 is 5.97 Å². The minimum Gasteiger partial charge on any atom is -0.462 e. The molecule has 1 heterocycles. The summed E-state index contributed by atoms with van der Waals surface area (Å²) in [6, 6.07) is 10.2. The topological polar surface area (TPSA) is 31.2 Å². The number of aryl methyl sites for hydroxylation is 1. The summed E-state index contributed by atoms with van der Waals surface area (Å²) in [5, 5.41) is 0. The van der Waals surface area contributed by atoms with E-state index in [1.54, 1.807) is 0 Å². The van der Waals surface area contributed by atoms with Gasteiger partial charge in [-0.05, 0) is 31.9 Å². The maximum absolute atomic E-state index is 11.9. The highest BCUT2D eigenvalue weighted by Crippen LogP contribution is 2.18. The highest BCUT2D eigenvalue weighted by Gasteiger charge is 2.17. The molecule has 0 radical (unpaired) electrons. The van der Waals surface area contributed by atoms with Crippen LogP contribution in [0.2, 0.25) is 0 Å². The van der Waals surface area contributed by atoms with Crippen LogP contribution in [0.5, 0.6) is 0 Å². The minimum absolute atomic E-state index is 0.232. The predicted molar refractivity (Wildman–Crippen MR) is 75.4 cm³/mol. The van der Waals surface area contributed by atoms with E-state index in [1.807, 2.05) is 45.2 Å². The Bertz CT molecular complexity index is 570. The first-order valence-corrected chi connectivity index (χ1v) is 6.50. The zero-order valence-corrected chi connectivity index (χ0v) is 11.6. The lowest BCUT2D eigenvalue weighted by atomic mass is 10.2. The molecule has 0 aliphatic heterocycles. The Morgan fingerprint density at radius 2 is 1.89 bits per heavy atom. The van der Waals surface area contributed by atoms with E-state index in [9.17, 15) is 4.79 Å². The minimum atomic E-state index is -0.232. The SMILES string of the molecule is CCOC(=O)c1c(C)cn(Cc2ccccc2)c1C. The Kier molecular flexibility index (Phi) is 4.05. The third kappa shape index (κ3) is 2.87. The molecule has 0 saturated carbocycles. The third-order valence-electron chi connectivity index (χ3n) is 3.21. The van der Waals surface area contributed by atoms with E-state index in [4.69, 9.17) is 4.74 Å². The predicted octanol–water partition coefficient (Wildman–Crippen LogP) is 3.33. The van der Waals surface area contributed by atoms with Crippen LogP contribution in [-0.4, -0.2) is 17.1 Å². The highest BCUT2D eigenvalue weighted by atomic mass is 16.5. The molecule has 2 rings (SSSR count). The summed E-state index contributed by atoms with van der Waals surface area (Å²) in [5.41, 5.74) is 3.83. The van der Waals surface area contributed by atoms with Crippen molar-refractivity contribution in [2.24, 2.45) is 0 Å². The molecule has 1 aromatic carbocycles. The number of hydrogen-bond acceptors (Lipinski definition) is 2. The van der Waals surface area contributed by atoms with E-state index in [0.29, 0.717) is 12.2 Å². The van der Waals surface area contributed by atoms with Gasteiger partial charge in [-0.25, -0.2) is 4.79 Å². The maximum Gasteiger partial charge on any atom is 0.340 e. The van der Waals surface area contributed by atoms with Crippen molar-refractivity contribution in [1.29, 1.82) is 0 Å². The van der Waals surface area contributed by atoms with Crippen LogP contribution < -0.4 is 0 Å². The van der Waals surface area contributed by atoms with Crippen LogP contribution in [-0.2, 0) is 11.3 Å². The van der Waals surface area contributed by atoms with Gasteiger partial charge in [0.05, 0.1) is 12.2 Å². The lowest BCUT2D eigenvalue weighted by molar-refractivity contribution is 0.0524. The number of benzene rings is 1. The second-order valence-corrected chi connectivity index (χ2v) is 4.61. The third-order valence-corrected chi connectivity index (χ3v) is 3.21. The molecule has 1 aromatic heterocycles. The fourth-order valence-electron chi connectivity index (χ4n) is 2.28. The standard InChI is InChI=1S/C16H19NO2/c1-4-19-16(18)15-12(2)10-17(13(15)3)11-14-8-6-5-7-9-14/h5-10H,4,11H2,1-3H3. The molecule has 0 saturated heterocycles. The molecule has 0 aliphatic carbocycles. The monoisotopic (exact) mass is 257 g/mol. The van der Waals surface area contributed by atoms with Gasteiger partial charge in [-0.15, -0.1) is 0 Å². The van der Waals surface area contributed by atoms with Crippen molar-refractivity contribution in [1.82, 2.24) is 4.57 Å². The second-order valence-electron chi connectivity index (χ2n) is 4.61. The molecule has 0 bridgehead atoms. The van der Waals surface area contributed by atoms with Gasteiger partial charge in [0, 0.05) is 18.4 Å². The second kappa shape index (κ2) is 5.74. The van der Waals surface area contributed by atoms with E-state index in [0.717, 1.165) is 17.8 Å². The first kappa shape index (κ1) is 13.4. The summed E-state index contributed by atoms with van der Waals surface area (Å²) < 4.78 is 7.20. The molecule has 0 fully saturated rings. The number of esters is 1. The average molecular weight is 257 g/mol. The van der Waals surface area contributed by atoms with Crippen molar-refractivity contribution in [3.63, 3.8) is 0 Å². The zero-order chi connectivity index (χ0) is 13.8. The van der Waals surface area contributed by atoms with Gasteiger partial charge >= 0.3 is 5.97 Å². The molecule has 2 aromatic rings. The number of hydrogen-bond donors (Lipinski definition) is 0. The van der Waals surface area contributed by atoms with Crippen molar-refractivity contribution < 1.29 is 9.53 Å². The van der Waals surface area contributed by atoms with Crippen LogP contribution in [0, 0.1) is 13.8 Å². The van der Waals surface area contributed by atoms with Crippen LogP contribution in [0.1, 0.15) is 34.1 Å². The fraction of sp³-hybridized carbons (Fsp3) is 0.312. The average Bonchev–Trinajstić information content (AvgIpc) is 2.66. The zero-order valence-electron chi connectivity index (χ0n) is 11.6. The molecule has 0 spiro atoms. The van der Waals surface area contributed by atoms with Gasteiger partial charge in [0.25, 0.3) is 0 Å². The lowest BCUT2D eigenvalue weighted by Gasteiger charge is -2.07. The van der Waals surface area contributed by atoms with Gasteiger partial charge in [0.15, 0.2) is 0 Å². The number of ether oxygens (including phenoxy) is 1. The lowest BCUT2D eigenvalue weighted by Crippen LogP contribution is -2.08. The van der Waals surface area contributed by atoms with Gasteiger partial charge < -0.3 is 9.30 Å². The number of rotatable bonds is 4. The molecular formula is C16H19NO2. The van der Waals surface area contributed by atoms with Gasteiger partial charge in [0.2, 0.25) is 0 Å². The molecule has 3 heteroatoms. The molecule has 0 atom stereocenters. The Labute approximate surface area is 113 Å². The first-order chi connectivity index (χ1) is 9.13. The van der Waals surface area contributed by atoms with Crippen molar-refractivity contribution in [2.75, 3.05) is 6.61 Å². The molecule has 100 valence electrons. The molecule has 19 heavy (non-hydrogen) atoms. The largest absolute Gasteiger partial charge is 0.462 e. The molecule has 0 N–H and O–H groups in total. The van der Waals surface area contributed by atoms with Crippen LogP contribution in [0.25, 0.3) is 0 Å². The van der Waals surface area contributed by atoms with E-state index < -0.39 is 0 Å². The van der Waals surface area contributed by atoms with Crippen molar-refractivity contribution in [3.05, 3.63) is 58.9 Å². The smallest absolute Gasteiger partial charge is 0.340 e. The molecule has 0 aliphatic rings. The van der Waals surface area contributed by atoms with Crippen LogP contribution >= 0.6 is 0 Å². The Morgan fingerprint density at radius 1 is 1.21 bits per heavy atom. The number of carbonyl (C=O) groups excluding carboxylic acids is 1. The first-order valence-electron chi connectivity index (χ1n) is 6.50. The molecule has 0 unspecified atom stereocenters. The number of carbonyl (C=O) groups is 1. The van der Waals surface area contributed by atoms with Crippen molar-refractivity contribution in [3.8, 4) is 0 Å².